The number of rotatable bonds is 3. The number of carbonyl (C=O) groups excluding carboxylic acids is 1. The van der Waals surface area contributed by atoms with E-state index in [2.05, 4.69) is 59.2 Å². The van der Waals surface area contributed by atoms with Crippen LogP contribution in [0.2, 0.25) is 0 Å². The van der Waals surface area contributed by atoms with Gasteiger partial charge >= 0.3 is 6.09 Å². The fraction of sp³-hybridized carbons (Fsp3) is 0.409. The quantitative estimate of drug-likeness (QED) is 0.890. The van der Waals surface area contributed by atoms with Gasteiger partial charge in [0.05, 0.1) is 5.54 Å². The van der Waals surface area contributed by atoms with E-state index in [1.807, 2.05) is 0 Å². The van der Waals surface area contributed by atoms with E-state index in [9.17, 15) is 4.79 Å². The van der Waals surface area contributed by atoms with Gasteiger partial charge in [0.25, 0.3) is 0 Å². The van der Waals surface area contributed by atoms with Gasteiger partial charge in [-0.05, 0) is 54.0 Å². The van der Waals surface area contributed by atoms with Crippen LogP contribution in [0.4, 0.5) is 4.79 Å². The van der Waals surface area contributed by atoms with Crippen molar-refractivity contribution in [3.8, 4) is 11.1 Å². The van der Waals surface area contributed by atoms with Crippen molar-refractivity contribution in [1.29, 1.82) is 0 Å². The highest BCUT2D eigenvalue weighted by molar-refractivity contribution is 5.79. The second-order valence-corrected chi connectivity index (χ2v) is 7.97. The predicted molar refractivity (Wildman–Crippen MR) is 101 cm³/mol. The van der Waals surface area contributed by atoms with Crippen LogP contribution < -0.4 is 10.6 Å². The van der Waals surface area contributed by atoms with E-state index >= 15 is 0 Å². The van der Waals surface area contributed by atoms with Crippen LogP contribution in [0.3, 0.4) is 0 Å². The highest BCUT2D eigenvalue weighted by Gasteiger charge is 2.43. The Morgan fingerprint density at radius 1 is 1.12 bits per heavy atom. The standard InChI is InChI=1S/C22H24N2O2/c25-21(24-22-10-9-15(11-22)12-23-14-22)26-13-20-18-7-3-1-5-16(18)17-6-2-4-8-19(17)20/h1-8,15,20,23H,9-14H2,(H,24,25). The molecule has 2 atom stereocenters. The maximum Gasteiger partial charge on any atom is 0.407 e. The van der Waals surface area contributed by atoms with Gasteiger partial charge in [-0.25, -0.2) is 4.79 Å². The molecule has 2 N–H and O–H groups in total. The first kappa shape index (κ1) is 15.9. The molecular formula is C22H24N2O2. The van der Waals surface area contributed by atoms with Crippen LogP contribution in [0.15, 0.2) is 48.5 Å². The number of fused-ring (bicyclic) bond motifs is 5. The van der Waals surface area contributed by atoms with Crippen LogP contribution >= 0.6 is 0 Å². The zero-order chi connectivity index (χ0) is 17.6. The average molecular weight is 348 g/mol. The van der Waals surface area contributed by atoms with Gasteiger partial charge in [0.15, 0.2) is 0 Å². The van der Waals surface area contributed by atoms with E-state index in [1.165, 1.54) is 28.7 Å². The minimum atomic E-state index is -0.281. The van der Waals surface area contributed by atoms with Gasteiger partial charge in [-0.2, -0.15) is 0 Å². The number of amides is 1. The number of piperidine rings is 1. The van der Waals surface area contributed by atoms with Crippen molar-refractivity contribution in [3.63, 3.8) is 0 Å². The monoisotopic (exact) mass is 348 g/mol. The van der Waals surface area contributed by atoms with Gasteiger partial charge in [-0.1, -0.05) is 48.5 Å². The lowest BCUT2D eigenvalue weighted by Crippen LogP contribution is -2.56. The van der Waals surface area contributed by atoms with Crippen LogP contribution in [0.1, 0.15) is 36.3 Å². The molecule has 2 aliphatic carbocycles. The lowest BCUT2D eigenvalue weighted by molar-refractivity contribution is 0.126. The van der Waals surface area contributed by atoms with Crippen molar-refractivity contribution in [2.75, 3.05) is 19.7 Å². The number of alkyl carbamates (subject to hydrolysis) is 1. The molecule has 2 aromatic carbocycles. The van der Waals surface area contributed by atoms with Gasteiger partial charge in [0.2, 0.25) is 0 Å². The van der Waals surface area contributed by atoms with E-state index in [-0.39, 0.29) is 17.6 Å². The molecule has 2 unspecified atom stereocenters. The number of nitrogens with one attached hydrogen (secondary N) is 2. The van der Waals surface area contributed by atoms with Crippen LogP contribution in [0, 0.1) is 5.92 Å². The first-order chi connectivity index (χ1) is 12.7. The topological polar surface area (TPSA) is 50.4 Å². The average Bonchev–Trinajstić information content (AvgIpc) is 3.14. The third-order valence-electron chi connectivity index (χ3n) is 6.32. The number of hydrogen-bond acceptors (Lipinski definition) is 3. The molecule has 1 amide bonds. The Kier molecular flexibility index (Phi) is 3.75. The van der Waals surface area contributed by atoms with E-state index < -0.39 is 0 Å². The Morgan fingerprint density at radius 2 is 1.81 bits per heavy atom. The van der Waals surface area contributed by atoms with Gasteiger partial charge in [-0.15, -0.1) is 0 Å². The van der Waals surface area contributed by atoms with Crippen molar-refractivity contribution in [2.24, 2.45) is 5.92 Å². The van der Waals surface area contributed by atoms with Gasteiger partial charge in [0, 0.05) is 12.5 Å². The number of carbonyl (C=O) groups is 1. The summed E-state index contributed by atoms with van der Waals surface area (Å²) >= 11 is 0. The lowest BCUT2D eigenvalue weighted by atomic mass is 9.93. The summed E-state index contributed by atoms with van der Waals surface area (Å²) < 4.78 is 5.71. The summed E-state index contributed by atoms with van der Waals surface area (Å²) in [4.78, 5) is 12.5. The normalized spacial score (nSPS) is 26.2. The smallest absolute Gasteiger partial charge is 0.407 e. The zero-order valence-electron chi connectivity index (χ0n) is 14.8. The van der Waals surface area contributed by atoms with Gasteiger partial charge < -0.3 is 15.4 Å². The minimum Gasteiger partial charge on any atom is -0.449 e. The summed E-state index contributed by atoms with van der Waals surface area (Å²) in [5.41, 5.74) is 4.90. The fourth-order valence-electron chi connectivity index (χ4n) is 5.10. The Balaban J connectivity index is 1.30. The molecule has 26 heavy (non-hydrogen) atoms. The molecular weight excluding hydrogens is 324 g/mol. The van der Waals surface area contributed by atoms with E-state index in [1.54, 1.807) is 0 Å². The van der Waals surface area contributed by atoms with Gasteiger partial charge in [0.1, 0.15) is 6.61 Å². The predicted octanol–water partition coefficient (Wildman–Crippen LogP) is 3.67. The summed E-state index contributed by atoms with van der Waals surface area (Å²) in [5.74, 6) is 0.809. The summed E-state index contributed by atoms with van der Waals surface area (Å²) in [7, 11) is 0. The van der Waals surface area contributed by atoms with Crippen LogP contribution in [-0.4, -0.2) is 31.3 Å². The third-order valence-corrected chi connectivity index (χ3v) is 6.32. The summed E-state index contributed by atoms with van der Waals surface area (Å²) in [5, 5.41) is 6.62. The molecule has 3 aliphatic rings. The number of benzene rings is 2. The van der Waals surface area contributed by atoms with E-state index in [0.29, 0.717) is 12.5 Å². The second kappa shape index (κ2) is 6.13. The lowest BCUT2D eigenvalue weighted by Gasteiger charge is -2.34. The highest BCUT2D eigenvalue weighted by Crippen LogP contribution is 2.44. The number of ether oxygens (including phenoxy) is 1. The number of hydrogen-bond donors (Lipinski definition) is 2. The Morgan fingerprint density at radius 3 is 2.54 bits per heavy atom. The van der Waals surface area contributed by atoms with Crippen LogP contribution in [-0.2, 0) is 4.74 Å². The Hall–Kier alpha value is -2.33. The molecule has 134 valence electrons. The Bertz CT molecular complexity index is 800. The minimum absolute atomic E-state index is 0.106. The Labute approximate surface area is 153 Å². The molecule has 2 bridgehead atoms. The van der Waals surface area contributed by atoms with Gasteiger partial charge in [-0.3, -0.25) is 0 Å². The fourth-order valence-corrected chi connectivity index (χ4v) is 5.10. The molecule has 0 radical (unpaired) electrons. The molecule has 1 heterocycles. The van der Waals surface area contributed by atoms with E-state index in [4.69, 9.17) is 4.74 Å². The SMILES string of the molecule is O=C(NC12CCC(CNC1)C2)OCC1c2ccccc2-c2ccccc21. The largest absolute Gasteiger partial charge is 0.449 e. The summed E-state index contributed by atoms with van der Waals surface area (Å²) in [6, 6.07) is 16.8. The van der Waals surface area contributed by atoms with Crippen molar-refractivity contribution >= 4 is 6.09 Å². The van der Waals surface area contributed by atoms with Crippen LogP contribution in [0.25, 0.3) is 11.1 Å². The first-order valence-electron chi connectivity index (χ1n) is 9.58. The molecule has 1 saturated carbocycles. The molecule has 0 aromatic heterocycles. The van der Waals surface area contributed by atoms with Crippen molar-refractivity contribution in [1.82, 2.24) is 10.6 Å². The van der Waals surface area contributed by atoms with Crippen molar-refractivity contribution < 1.29 is 9.53 Å². The summed E-state index contributed by atoms with van der Waals surface area (Å²) in [6.07, 6.45) is 3.03. The molecule has 2 fully saturated rings. The second-order valence-electron chi connectivity index (χ2n) is 7.97. The zero-order valence-corrected chi connectivity index (χ0v) is 14.8. The highest BCUT2D eigenvalue weighted by atomic mass is 16.5. The molecule has 4 heteroatoms. The molecule has 0 spiro atoms. The third kappa shape index (κ3) is 2.60. The maximum atomic E-state index is 12.5. The molecule has 1 aliphatic heterocycles. The molecule has 5 rings (SSSR count). The van der Waals surface area contributed by atoms with Crippen molar-refractivity contribution in [3.05, 3.63) is 59.7 Å². The summed E-state index contributed by atoms with van der Waals surface area (Å²) in [6.45, 7) is 2.31. The molecule has 4 nitrogen and oxygen atoms in total. The molecule has 1 saturated heterocycles. The maximum absolute atomic E-state index is 12.5. The van der Waals surface area contributed by atoms with Crippen LogP contribution in [0.5, 0.6) is 0 Å². The first-order valence-corrected chi connectivity index (χ1v) is 9.58. The molecule has 2 aromatic rings. The van der Waals surface area contributed by atoms with Crippen molar-refractivity contribution in [2.45, 2.75) is 30.7 Å². The van der Waals surface area contributed by atoms with E-state index in [0.717, 1.165) is 25.9 Å².